The maximum Gasteiger partial charge on any atom is 0.215 e. The van der Waals surface area contributed by atoms with Crippen molar-refractivity contribution in [3.63, 3.8) is 0 Å². The molecule has 0 radical (unpaired) electrons. The van der Waals surface area contributed by atoms with Gasteiger partial charge in [-0.05, 0) is 24.1 Å². The van der Waals surface area contributed by atoms with E-state index < -0.39 is 16.1 Å². The number of hydrogen-bond acceptors (Lipinski definition) is 4. The molecule has 5 nitrogen and oxygen atoms in total. The Labute approximate surface area is 107 Å². The highest BCUT2D eigenvalue weighted by Crippen LogP contribution is 2.08. The van der Waals surface area contributed by atoms with E-state index in [1.165, 1.54) is 6.07 Å². The van der Waals surface area contributed by atoms with E-state index in [9.17, 15) is 13.5 Å². The minimum Gasteiger partial charge on any atom is -0.392 e. The molecule has 6 heteroatoms. The summed E-state index contributed by atoms with van der Waals surface area (Å²) in [6.45, 7) is 1.78. The summed E-state index contributed by atoms with van der Waals surface area (Å²) < 4.78 is 25.8. The average Bonchev–Trinajstić information content (AvgIpc) is 2.35. The zero-order valence-corrected chi connectivity index (χ0v) is 10.9. The lowest BCUT2D eigenvalue weighted by Crippen LogP contribution is -2.32. The molecule has 0 bridgehead atoms. The minimum atomic E-state index is -3.48. The summed E-state index contributed by atoms with van der Waals surface area (Å²) in [5.74, 6) is -0.195. The van der Waals surface area contributed by atoms with Gasteiger partial charge in [0.1, 0.15) is 0 Å². The highest BCUT2D eigenvalue weighted by molar-refractivity contribution is 7.88. The van der Waals surface area contributed by atoms with Crippen molar-refractivity contribution < 1.29 is 13.5 Å². The first-order valence-electron chi connectivity index (χ1n) is 5.61. The van der Waals surface area contributed by atoms with Gasteiger partial charge >= 0.3 is 0 Å². The Balaban J connectivity index is 2.68. The van der Waals surface area contributed by atoms with E-state index in [2.05, 4.69) is 4.72 Å². The van der Waals surface area contributed by atoms with Crippen molar-refractivity contribution in [1.29, 1.82) is 5.26 Å². The largest absolute Gasteiger partial charge is 0.392 e. The van der Waals surface area contributed by atoms with Crippen LogP contribution >= 0.6 is 0 Å². The van der Waals surface area contributed by atoms with Gasteiger partial charge in [-0.2, -0.15) is 5.26 Å². The van der Waals surface area contributed by atoms with Crippen LogP contribution in [0.4, 0.5) is 0 Å². The minimum absolute atomic E-state index is 0.0107. The van der Waals surface area contributed by atoms with E-state index in [-0.39, 0.29) is 12.3 Å². The first kappa shape index (κ1) is 14.6. The van der Waals surface area contributed by atoms with Gasteiger partial charge in [-0.15, -0.1) is 0 Å². The fraction of sp³-hybridized carbons (Fsp3) is 0.417. The number of sulfonamides is 1. The third-order valence-corrected chi connectivity index (χ3v) is 3.74. The molecule has 0 aliphatic heterocycles. The second kappa shape index (κ2) is 6.50. The highest BCUT2D eigenvalue weighted by Gasteiger charge is 2.13. The van der Waals surface area contributed by atoms with Crippen molar-refractivity contribution in [2.45, 2.75) is 25.2 Å². The summed E-state index contributed by atoms with van der Waals surface area (Å²) in [4.78, 5) is 0. The molecule has 0 aliphatic rings. The molecular formula is C12H16N2O3S. The number of aliphatic hydroxyl groups is 1. The monoisotopic (exact) mass is 268 g/mol. The Bertz CT molecular complexity index is 534. The van der Waals surface area contributed by atoms with E-state index in [4.69, 9.17) is 5.26 Å². The average molecular weight is 268 g/mol. The van der Waals surface area contributed by atoms with Crippen LogP contribution in [0.15, 0.2) is 24.3 Å². The fourth-order valence-electron chi connectivity index (χ4n) is 1.37. The van der Waals surface area contributed by atoms with Gasteiger partial charge in [0.15, 0.2) is 0 Å². The molecule has 0 fully saturated rings. The highest BCUT2D eigenvalue weighted by atomic mass is 32.2. The third kappa shape index (κ3) is 4.84. The lowest BCUT2D eigenvalue weighted by Gasteiger charge is -2.10. The summed E-state index contributed by atoms with van der Waals surface area (Å²) in [6, 6.07) is 8.40. The molecule has 1 rings (SSSR count). The quantitative estimate of drug-likeness (QED) is 0.796. The first-order valence-corrected chi connectivity index (χ1v) is 7.26. The Kier molecular flexibility index (Phi) is 5.28. The summed E-state index contributed by atoms with van der Waals surface area (Å²) >= 11 is 0. The van der Waals surface area contributed by atoms with Crippen LogP contribution in [-0.2, 0) is 15.8 Å². The molecule has 2 N–H and O–H groups in total. The number of aliphatic hydroxyl groups excluding tert-OH is 1. The smallest absolute Gasteiger partial charge is 0.215 e. The van der Waals surface area contributed by atoms with Crippen LogP contribution in [0.25, 0.3) is 0 Å². The number of nitriles is 1. The number of hydrogen-bond donors (Lipinski definition) is 2. The molecule has 98 valence electrons. The van der Waals surface area contributed by atoms with Gasteiger partial charge in [0.25, 0.3) is 0 Å². The molecule has 0 saturated heterocycles. The zero-order chi connectivity index (χ0) is 13.6. The van der Waals surface area contributed by atoms with Crippen LogP contribution in [-0.4, -0.2) is 26.2 Å². The lowest BCUT2D eigenvalue weighted by molar-refractivity contribution is 0.174. The predicted molar refractivity (Wildman–Crippen MR) is 68.1 cm³/mol. The fourth-order valence-corrected chi connectivity index (χ4v) is 2.54. The number of nitrogens with one attached hydrogen (secondary N) is 1. The molecular weight excluding hydrogens is 252 g/mol. The van der Waals surface area contributed by atoms with Crippen LogP contribution in [0.1, 0.15) is 24.5 Å². The lowest BCUT2D eigenvalue weighted by atomic mass is 10.2. The van der Waals surface area contributed by atoms with E-state index in [1.807, 2.05) is 6.07 Å². The zero-order valence-electron chi connectivity index (χ0n) is 10.1. The Morgan fingerprint density at radius 1 is 1.50 bits per heavy atom. The van der Waals surface area contributed by atoms with Crippen molar-refractivity contribution in [2.24, 2.45) is 0 Å². The molecule has 0 spiro atoms. The summed E-state index contributed by atoms with van der Waals surface area (Å²) in [5.41, 5.74) is 0.976. The van der Waals surface area contributed by atoms with Crippen molar-refractivity contribution in [3.8, 4) is 6.07 Å². The second-order valence-corrected chi connectivity index (χ2v) is 5.79. The molecule has 1 aromatic rings. The standard InChI is InChI=1S/C12H16N2O3S/c1-2-12(15)8-14-18(16,17)9-11-5-3-4-10(6-11)7-13/h3-6,12,14-15H,2,8-9H2,1H3. The van der Waals surface area contributed by atoms with Crippen LogP contribution in [0.2, 0.25) is 0 Å². The van der Waals surface area contributed by atoms with E-state index in [0.29, 0.717) is 17.5 Å². The normalized spacial score (nSPS) is 12.9. The molecule has 0 amide bonds. The SMILES string of the molecule is CCC(O)CNS(=O)(=O)Cc1cccc(C#N)c1. The van der Waals surface area contributed by atoms with Crippen molar-refractivity contribution in [2.75, 3.05) is 6.54 Å². The third-order valence-electron chi connectivity index (χ3n) is 2.42. The Morgan fingerprint density at radius 2 is 2.22 bits per heavy atom. The Morgan fingerprint density at radius 3 is 2.83 bits per heavy atom. The predicted octanol–water partition coefficient (Wildman–Crippen LogP) is 0.749. The van der Waals surface area contributed by atoms with Crippen molar-refractivity contribution in [3.05, 3.63) is 35.4 Å². The van der Waals surface area contributed by atoms with Gasteiger partial charge in [0.2, 0.25) is 10.0 Å². The van der Waals surface area contributed by atoms with Crippen LogP contribution in [0.3, 0.4) is 0 Å². The van der Waals surface area contributed by atoms with Gasteiger partial charge in [-0.25, -0.2) is 13.1 Å². The Hall–Kier alpha value is -1.42. The molecule has 0 aliphatic carbocycles. The second-order valence-electron chi connectivity index (χ2n) is 3.98. The molecule has 0 heterocycles. The summed E-state index contributed by atoms with van der Waals surface area (Å²) in [7, 11) is -3.48. The molecule has 0 saturated carbocycles. The maximum absolute atomic E-state index is 11.7. The number of nitrogens with zero attached hydrogens (tertiary/aromatic N) is 1. The van der Waals surface area contributed by atoms with E-state index in [0.717, 1.165) is 0 Å². The van der Waals surface area contributed by atoms with E-state index >= 15 is 0 Å². The van der Waals surface area contributed by atoms with Crippen molar-refractivity contribution in [1.82, 2.24) is 4.72 Å². The number of rotatable bonds is 6. The van der Waals surface area contributed by atoms with Gasteiger partial charge in [0.05, 0.1) is 23.5 Å². The van der Waals surface area contributed by atoms with Crippen LogP contribution < -0.4 is 4.72 Å². The van der Waals surface area contributed by atoms with Gasteiger partial charge in [-0.1, -0.05) is 19.1 Å². The van der Waals surface area contributed by atoms with Crippen LogP contribution in [0, 0.1) is 11.3 Å². The molecule has 18 heavy (non-hydrogen) atoms. The summed E-state index contributed by atoms with van der Waals surface area (Å²) in [6.07, 6.45) is -0.183. The molecule has 1 aromatic carbocycles. The number of benzene rings is 1. The first-order chi connectivity index (χ1) is 8.46. The van der Waals surface area contributed by atoms with E-state index in [1.54, 1.807) is 25.1 Å². The van der Waals surface area contributed by atoms with Gasteiger partial charge in [0, 0.05) is 6.54 Å². The molecule has 0 aromatic heterocycles. The van der Waals surface area contributed by atoms with Gasteiger partial charge in [-0.3, -0.25) is 0 Å². The maximum atomic E-state index is 11.7. The molecule has 1 atom stereocenters. The molecule has 1 unspecified atom stereocenters. The van der Waals surface area contributed by atoms with Gasteiger partial charge < -0.3 is 5.11 Å². The topological polar surface area (TPSA) is 90.2 Å². The van der Waals surface area contributed by atoms with Crippen LogP contribution in [0.5, 0.6) is 0 Å². The van der Waals surface area contributed by atoms with Crippen molar-refractivity contribution >= 4 is 10.0 Å². The summed E-state index contributed by atoms with van der Waals surface area (Å²) in [5, 5.41) is 18.0.